The lowest BCUT2D eigenvalue weighted by atomic mass is 9.77. The molecule has 0 aliphatic heterocycles. The highest BCUT2D eigenvalue weighted by molar-refractivity contribution is 6.18. The van der Waals surface area contributed by atoms with Crippen molar-refractivity contribution in [3.63, 3.8) is 0 Å². The highest BCUT2D eigenvalue weighted by atomic mass is 35.5. The van der Waals surface area contributed by atoms with Gasteiger partial charge in [0.1, 0.15) is 37.4 Å². The molecule has 9 heteroatoms. The number of carbonyl (C=O) groups excluding carboxylic acids is 3. The molecule has 37 heavy (non-hydrogen) atoms. The average Bonchev–Trinajstić information content (AvgIpc) is 2.83. The van der Waals surface area contributed by atoms with Crippen LogP contribution in [0, 0.1) is 6.92 Å². The van der Waals surface area contributed by atoms with Crippen LogP contribution in [-0.2, 0) is 34.0 Å². The number of halogens is 1. The van der Waals surface area contributed by atoms with Gasteiger partial charge in [-0.25, -0.2) is 0 Å². The van der Waals surface area contributed by atoms with Crippen molar-refractivity contribution in [2.24, 2.45) is 0 Å². The highest BCUT2D eigenvalue weighted by Gasteiger charge is 2.24. The van der Waals surface area contributed by atoms with Gasteiger partial charge in [0, 0.05) is 26.2 Å². The summed E-state index contributed by atoms with van der Waals surface area (Å²) >= 11 is 5.86. The molecule has 0 heterocycles. The van der Waals surface area contributed by atoms with E-state index in [-0.39, 0.29) is 31.1 Å². The number of ether oxygens (including phenoxy) is 5. The molecule has 2 aromatic carbocycles. The first-order valence-electron chi connectivity index (χ1n) is 11.9. The van der Waals surface area contributed by atoms with E-state index < -0.39 is 30.1 Å². The lowest BCUT2D eigenvalue weighted by Crippen LogP contribution is -2.29. The van der Waals surface area contributed by atoms with Crippen LogP contribution in [0.15, 0.2) is 42.5 Å². The zero-order valence-electron chi connectivity index (χ0n) is 22.2. The highest BCUT2D eigenvalue weighted by Crippen LogP contribution is 2.34. The minimum absolute atomic E-state index is 0.0539. The Morgan fingerprint density at radius 3 is 1.89 bits per heavy atom. The van der Waals surface area contributed by atoms with Crippen LogP contribution in [0.2, 0.25) is 0 Å². The van der Waals surface area contributed by atoms with Crippen molar-refractivity contribution in [2.75, 3.05) is 25.7 Å². The number of carbonyl (C=O) groups is 3. The number of alkyl halides is 1. The molecule has 2 aromatic rings. The summed E-state index contributed by atoms with van der Waals surface area (Å²) in [6.45, 7) is 10.3. The summed E-state index contributed by atoms with van der Waals surface area (Å²) in [6.07, 6.45) is -1.21. The number of hydrogen-bond acceptors (Lipinski definition) is 8. The van der Waals surface area contributed by atoms with E-state index in [1.54, 1.807) is 0 Å². The Morgan fingerprint density at radius 2 is 1.35 bits per heavy atom. The summed E-state index contributed by atoms with van der Waals surface area (Å²) in [5.74, 6) is 0.112. The minimum Gasteiger partial charge on any atom is -0.490 e. The number of benzene rings is 2. The third-order valence-electron chi connectivity index (χ3n) is 5.64. The third kappa shape index (κ3) is 9.61. The largest absolute Gasteiger partial charge is 0.490 e. The molecule has 0 saturated carbocycles. The fourth-order valence-corrected chi connectivity index (χ4v) is 3.76. The molecule has 0 N–H and O–H groups in total. The van der Waals surface area contributed by atoms with Crippen molar-refractivity contribution in [3.8, 4) is 11.5 Å². The first kappa shape index (κ1) is 30.0. The zero-order chi connectivity index (χ0) is 27.6. The van der Waals surface area contributed by atoms with Crippen LogP contribution in [0.1, 0.15) is 51.3 Å². The maximum Gasteiger partial charge on any atom is 0.303 e. The third-order valence-corrected chi connectivity index (χ3v) is 5.99. The van der Waals surface area contributed by atoms with Crippen molar-refractivity contribution in [1.82, 2.24) is 0 Å². The first-order valence-corrected chi connectivity index (χ1v) is 12.5. The molecular weight excluding hydrogens is 500 g/mol. The molecule has 0 unspecified atom stereocenters. The first-order chi connectivity index (χ1) is 17.4. The number of aryl methyl sites for hydroxylation is 1. The molecule has 0 bridgehead atoms. The minimum atomic E-state index is -0.699. The van der Waals surface area contributed by atoms with E-state index in [1.165, 1.54) is 20.8 Å². The van der Waals surface area contributed by atoms with Crippen LogP contribution in [0.3, 0.4) is 0 Å². The predicted octanol–water partition coefficient (Wildman–Crippen LogP) is 4.74. The maximum absolute atomic E-state index is 11.3. The summed E-state index contributed by atoms with van der Waals surface area (Å²) in [5, 5.41) is 0. The van der Waals surface area contributed by atoms with Crippen LogP contribution in [0.5, 0.6) is 11.5 Å². The van der Waals surface area contributed by atoms with Gasteiger partial charge in [-0.1, -0.05) is 38.1 Å². The average molecular weight is 535 g/mol. The van der Waals surface area contributed by atoms with Gasteiger partial charge in [0.15, 0.2) is 6.10 Å². The van der Waals surface area contributed by atoms with E-state index in [1.807, 2.05) is 43.3 Å². The van der Waals surface area contributed by atoms with Gasteiger partial charge in [0.2, 0.25) is 0 Å². The van der Waals surface area contributed by atoms with Gasteiger partial charge in [-0.3, -0.25) is 14.4 Å². The summed E-state index contributed by atoms with van der Waals surface area (Å²) < 4.78 is 26.8. The standard InChI is InChI=1S/C28H35ClO8/c1-18-13-23(9-12-27(18)35-15-25(14-29)36-20(3)31)28(5,6)22-7-10-24(11-8-22)34-17-26(37-21(4)32)16-33-19(2)30/h7-13,25-26H,14-17H2,1-6H3/t25-,26-/m1/s1. The molecule has 0 aromatic heterocycles. The van der Waals surface area contributed by atoms with Crippen LogP contribution in [0.25, 0.3) is 0 Å². The molecule has 0 saturated heterocycles. The Kier molecular flexibility index (Phi) is 11.2. The van der Waals surface area contributed by atoms with E-state index >= 15 is 0 Å². The molecule has 0 amide bonds. The van der Waals surface area contributed by atoms with E-state index in [0.717, 1.165) is 16.7 Å². The van der Waals surface area contributed by atoms with Gasteiger partial charge in [0.25, 0.3) is 0 Å². The van der Waals surface area contributed by atoms with Crippen LogP contribution < -0.4 is 9.47 Å². The van der Waals surface area contributed by atoms with Gasteiger partial charge in [-0.15, -0.1) is 11.6 Å². The molecule has 0 spiro atoms. The Bertz CT molecular complexity index is 1060. The Hall–Kier alpha value is -3.26. The van der Waals surface area contributed by atoms with Crippen LogP contribution in [0.4, 0.5) is 0 Å². The maximum atomic E-state index is 11.3. The van der Waals surface area contributed by atoms with E-state index in [2.05, 4.69) is 19.9 Å². The second-order valence-electron chi connectivity index (χ2n) is 9.17. The second-order valence-corrected chi connectivity index (χ2v) is 9.48. The molecule has 0 fully saturated rings. The zero-order valence-corrected chi connectivity index (χ0v) is 22.9. The topological polar surface area (TPSA) is 97.4 Å². The summed E-state index contributed by atoms with van der Waals surface area (Å²) in [6, 6.07) is 13.6. The second kappa shape index (κ2) is 13.9. The van der Waals surface area contributed by atoms with Crippen molar-refractivity contribution < 1.29 is 38.1 Å². The monoisotopic (exact) mass is 534 g/mol. The molecule has 8 nitrogen and oxygen atoms in total. The predicted molar refractivity (Wildman–Crippen MR) is 139 cm³/mol. The number of rotatable bonds is 13. The molecule has 0 aliphatic rings. The molecule has 2 atom stereocenters. The van der Waals surface area contributed by atoms with Gasteiger partial charge in [0.05, 0.1) is 5.88 Å². The van der Waals surface area contributed by atoms with Crippen LogP contribution in [-0.4, -0.2) is 55.8 Å². The Labute approximate surface area is 223 Å². The van der Waals surface area contributed by atoms with Crippen molar-refractivity contribution in [3.05, 3.63) is 59.2 Å². The Morgan fingerprint density at radius 1 is 0.784 bits per heavy atom. The van der Waals surface area contributed by atoms with Crippen LogP contribution >= 0.6 is 11.6 Å². The fourth-order valence-electron chi connectivity index (χ4n) is 3.61. The molecule has 202 valence electrons. The van der Waals surface area contributed by atoms with Crippen molar-refractivity contribution in [2.45, 2.75) is 59.2 Å². The van der Waals surface area contributed by atoms with E-state index in [9.17, 15) is 14.4 Å². The molecule has 0 radical (unpaired) electrons. The smallest absolute Gasteiger partial charge is 0.303 e. The van der Waals surface area contributed by atoms with Gasteiger partial charge in [-0.2, -0.15) is 0 Å². The van der Waals surface area contributed by atoms with Gasteiger partial charge in [-0.05, 0) is 41.8 Å². The number of hydrogen-bond donors (Lipinski definition) is 0. The lowest BCUT2D eigenvalue weighted by molar-refractivity contribution is -0.158. The quantitative estimate of drug-likeness (QED) is 0.206. The van der Waals surface area contributed by atoms with Crippen molar-refractivity contribution in [1.29, 1.82) is 0 Å². The van der Waals surface area contributed by atoms with Gasteiger partial charge < -0.3 is 23.7 Å². The summed E-state index contributed by atoms with van der Waals surface area (Å²) in [5.41, 5.74) is 2.80. The summed E-state index contributed by atoms with van der Waals surface area (Å²) in [4.78, 5) is 33.6. The fraction of sp³-hybridized carbons (Fsp3) is 0.464. The Balaban J connectivity index is 2.06. The SMILES string of the molecule is CC(=O)OC[C@H](COc1ccc(C(C)(C)c2ccc(OC[C@@H](CCl)OC(C)=O)c(C)c2)cc1)OC(C)=O. The van der Waals surface area contributed by atoms with E-state index in [0.29, 0.717) is 11.5 Å². The van der Waals surface area contributed by atoms with Gasteiger partial charge >= 0.3 is 17.9 Å². The van der Waals surface area contributed by atoms with Crippen molar-refractivity contribution >= 4 is 29.5 Å². The number of esters is 3. The van der Waals surface area contributed by atoms with E-state index in [4.69, 9.17) is 35.3 Å². The molecule has 0 aliphatic carbocycles. The normalized spacial score (nSPS) is 12.7. The molecule has 2 rings (SSSR count). The molecular formula is C28H35ClO8. The lowest BCUT2D eigenvalue weighted by Gasteiger charge is -2.27. The summed E-state index contributed by atoms with van der Waals surface area (Å²) in [7, 11) is 0.